The molecule has 0 radical (unpaired) electrons. The van der Waals surface area contributed by atoms with Crippen molar-refractivity contribution in [1.82, 2.24) is 14.8 Å². The highest BCUT2D eigenvalue weighted by Crippen LogP contribution is 2.22. The van der Waals surface area contributed by atoms with Crippen molar-refractivity contribution in [1.29, 1.82) is 0 Å². The smallest absolute Gasteiger partial charge is 0.239 e. The standard InChI is InChI=1S/C15H27N5O/c1-11(2)21-15-13(16)5-6-14(18-15)17-9-12-10-19(3)7-8-20(12)4/h5-6,11-12H,7-10,16H2,1-4H3,(H,17,18). The van der Waals surface area contributed by atoms with E-state index in [0.29, 0.717) is 17.6 Å². The second-order valence-electron chi connectivity index (χ2n) is 6.04. The third kappa shape index (κ3) is 4.47. The van der Waals surface area contributed by atoms with Crippen LogP contribution in [0, 0.1) is 0 Å². The van der Waals surface area contributed by atoms with Crippen molar-refractivity contribution in [3.8, 4) is 5.88 Å². The molecule has 1 atom stereocenters. The average Bonchev–Trinajstić information content (AvgIpc) is 2.42. The van der Waals surface area contributed by atoms with Crippen molar-refractivity contribution in [3.63, 3.8) is 0 Å². The highest BCUT2D eigenvalue weighted by atomic mass is 16.5. The maximum Gasteiger partial charge on any atom is 0.239 e. The van der Waals surface area contributed by atoms with Crippen LogP contribution in [0.3, 0.4) is 0 Å². The van der Waals surface area contributed by atoms with Gasteiger partial charge in [0, 0.05) is 32.2 Å². The van der Waals surface area contributed by atoms with Crippen LogP contribution in [0.1, 0.15) is 13.8 Å². The number of ether oxygens (including phenoxy) is 1. The molecule has 2 rings (SSSR count). The van der Waals surface area contributed by atoms with E-state index in [1.807, 2.05) is 26.0 Å². The van der Waals surface area contributed by atoms with Gasteiger partial charge in [-0.1, -0.05) is 0 Å². The summed E-state index contributed by atoms with van der Waals surface area (Å²) in [4.78, 5) is 9.19. The van der Waals surface area contributed by atoms with Gasteiger partial charge in [0.15, 0.2) is 0 Å². The van der Waals surface area contributed by atoms with E-state index in [9.17, 15) is 0 Å². The Kier molecular flexibility index (Phi) is 5.25. The van der Waals surface area contributed by atoms with Crippen LogP contribution in [0.2, 0.25) is 0 Å². The largest absolute Gasteiger partial charge is 0.473 e. The first kappa shape index (κ1) is 15.9. The molecule has 0 aromatic carbocycles. The predicted octanol–water partition coefficient (Wildman–Crippen LogP) is 1.11. The number of nitrogens with zero attached hydrogens (tertiary/aromatic N) is 3. The Bertz CT molecular complexity index is 465. The second-order valence-corrected chi connectivity index (χ2v) is 6.04. The molecule has 2 heterocycles. The van der Waals surface area contributed by atoms with E-state index in [1.54, 1.807) is 0 Å². The number of nitrogen functional groups attached to an aromatic ring is 1. The molecule has 0 aliphatic carbocycles. The Balaban J connectivity index is 1.96. The van der Waals surface area contributed by atoms with Gasteiger partial charge in [-0.25, -0.2) is 0 Å². The van der Waals surface area contributed by atoms with Gasteiger partial charge in [-0.2, -0.15) is 4.98 Å². The van der Waals surface area contributed by atoms with Gasteiger partial charge in [-0.3, -0.25) is 4.90 Å². The molecule has 118 valence electrons. The van der Waals surface area contributed by atoms with Crippen molar-refractivity contribution in [3.05, 3.63) is 12.1 Å². The summed E-state index contributed by atoms with van der Waals surface area (Å²) in [5.74, 6) is 1.31. The highest BCUT2D eigenvalue weighted by Gasteiger charge is 2.21. The minimum absolute atomic E-state index is 0.0631. The van der Waals surface area contributed by atoms with Gasteiger partial charge in [0.25, 0.3) is 0 Å². The molecule has 3 N–H and O–H groups in total. The number of pyridine rings is 1. The molecule has 1 fully saturated rings. The van der Waals surface area contributed by atoms with E-state index in [2.05, 4.69) is 34.2 Å². The molecule has 0 bridgehead atoms. The number of hydrogen-bond acceptors (Lipinski definition) is 6. The van der Waals surface area contributed by atoms with Crippen LogP contribution >= 0.6 is 0 Å². The third-order valence-electron chi connectivity index (χ3n) is 3.74. The zero-order valence-corrected chi connectivity index (χ0v) is 13.5. The van der Waals surface area contributed by atoms with E-state index >= 15 is 0 Å². The first-order chi connectivity index (χ1) is 9.95. The Hall–Kier alpha value is -1.53. The molecule has 1 aromatic heterocycles. The first-order valence-electron chi connectivity index (χ1n) is 7.51. The molecule has 0 amide bonds. The van der Waals surface area contributed by atoms with Gasteiger partial charge < -0.3 is 20.7 Å². The number of nitrogens with two attached hydrogens (primary N) is 1. The van der Waals surface area contributed by atoms with Gasteiger partial charge in [0.1, 0.15) is 5.82 Å². The highest BCUT2D eigenvalue weighted by molar-refractivity contribution is 5.53. The van der Waals surface area contributed by atoms with E-state index in [1.165, 1.54) is 0 Å². The van der Waals surface area contributed by atoms with Gasteiger partial charge in [0.2, 0.25) is 5.88 Å². The van der Waals surface area contributed by atoms with Crippen molar-refractivity contribution < 1.29 is 4.74 Å². The van der Waals surface area contributed by atoms with E-state index < -0.39 is 0 Å². The molecule has 1 aliphatic rings. The van der Waals surface area contributed by atoms with Gasteiger partial charge in [0.05, 0.1) is 11.8 Å². The van der Waals surface area contributed by atoms with Gasteiger partial charge >= 0.3 is 0 Å². The number of anilines is 2. The molecule has 1 aromatic rings. The van der Waals surface area contributed by atoms with E-state index in [4.69, 9.17) is 10.5 Å². The minimum Gasteiger partial charge on any atom is -0.473 e. The topological polar surface area (TPSA) is 66.7 Å². The number of piperazine rings is 1. The maximum absolute atomic E-state index is 5.89. The van der Waals surface area contributed by atoms with Crippen molar-refractivity contribution in [2.24, 2.45) is 0 Å². The van der Waals surface area contributed by atoms with E-state index in [0.717, 1.165) is 32.0 Å². The van der Waals surface area contributed by atoms with Crippen LogP contribution in [-0.2, 0) is 0 Å². The number of nitrogens with one attached hydrogen (secondary N) is 1. The molecule has 6 nitrogen and oxygen atoms in total. The molecule has 0 saturated carbocycles. The van der Waals surface area contributed by atoms with Gasteiger partial charge in [-0.05, 0) is 40.1 Å². The fraction of sp³-hybridized carbons (Fsp3) is 0.667. The molecule has 6 heteroatoms. The SMILES string of the molecule is CC(C)Oc1nc(NCC2CN(C)CCN2C)ccc1N. The summed E-state index contributed by atoms with van der Waals surface area (Å²) in [5.41, 5.74) is 6.46. The monoisotopic (exact) mass is 293 g/mol. The second kappa shape index (κ2) is 6.95. The van der Waals surface area contributed by atoms with Crippen LogP contribution in [0.5, 0.6) is 5.88 Å². The minimum atomic E-state index is 0.0631. The summed E-state index contributed by atoms with van der Waals surface area (Å²) in [6, 6.07) is 4.22. The van der Waals surface area contributed by atoms with Crippen molar-refractivity contribution >= 4 is 11.5 Å². The molecule has 1 saturated heterocycles. The van der Waals surface area contributed by atoms with Crippen LogP contribution in [-0.4, -0.2) is 67.2 Å². The summed E-state index contributed by atoms with van der Waals surface area (Å²) in [7, 11) is 4.33. The summed E-state index contributed by atoms with van der Waals surface area (Å²) in [5, 5.41) is 3.39. The van der Waals surface area contributed by atoms with Gasteiger partial charge in [-0.15, -0.1) is 0 Å². The lowest BCUT2D eigenvalue weighted by Gasteiger charge is -2.37. The van der Waals surface area contributed by atoms with Crippen LogP contribution in [0.15, 0.2) is 12.1 Å². The lowest BCUT2D eigenvalue weighted by atomic mass is 10.2. The number of aromatic nitrogens is 1. The lowest BCUT2D eigenvalue weighted by Crippen LogP contribution is -2.52. The molecular weight excluding hydrogens is 266 g/mol. The Morgan fingerprint density at radius 2 is 2.14 bits per heavy atom. The lowest BCUT2D eigenvalue weighted by molar-refractivity contribution is 0.122. The Morgan fingerprint density at radius 3 is 2.86 bits per heavy atom. The fourth-order valence-corrected chi connectivity index (χ4v) is 2.41. The van der Waals surface area contributed by atoms with Crippen LogP contribution in [0.25, 0.3) is 0 Å². The molecule has 1 aliphatic heterocycles. The molecule has 0 spiro atoms. The Morgan fingerprint density at radius 1 is 1.38 bits per heavy atom. The summed E-state index contributed by atoms with van der Waals surface area (Å²) < 4.78 is 5.62. The predicted molar refractivity (Wildman–Crippen MR) is 86.8 cm³/mol. The van der Waals surface area contributed by atoms with Crippen LogP contribution < -0.4 is 15.8 Å². The normalized spacial score (nSPS) is 20.7. The summed E-state index contributed by atoms with van der Waals surface area (Å²) in [6.07, 6.45) is 0.0631. The summed E-state index contributed by atoms with van der Waals surface area (Å²) >= 11 is 0. The molecule has 21 heavy (non-hydrogen) atoms. The number of rotatable bonds is 5. The quantitative estimate of drug-likeness (QED) is 0.848. The fourth-order valence-electron chi connectivity index (χ4n) is 2.41. The average molecular weight is 293 g/mol. The summed E-state index contributed by atoms with van der Waals surface area (Å²) in [6.45, 7) is 8.08. The van der Waals surface area contributed by atoms with Crippen LogP contribution in [0.4, 0.5) is 11.5 Å². The van der Waals surface area contributed by atoms with Crippen molar-refractivity contribution in [2.75, 3.05) is 51.3 Å². The molecule has 1 unspecified atom stereocenters. The van der Waals surface area contributed by atoms with E-state index in [-0.39, 0.29) is 6.10 Å². The maximum atomic E-state index is 5.89. The Labute approximate surface area is 127 Å². The molecular formula is C15H27N5O. The van der Waals surface area contributed by atoms with Crippen molar-refractivity contribution in [2.45, 2.75) is 26.0 Å². The number of hydrogen-bond donors (Lipinski definition) is 2. The zero-order chi connectivity index (χ0) is 15.4. The zero-order valence-electron chi connectivity index (χ0n) is 13.5. The first-order valence-corrected chi connectivity index (χ1v) is 7.51. The third-order valence-corrected chi connectivity index (χ3v) is 3.74. The number of likely N-dealkylation sites (N-methyl/N-ethyl adjacent to an activating group) is 2.